The van der Waals surface area contributed by atoms with Crippen LogP contribution >= 0.6 is 11.8 Å². The quantitative estimate of drug-likeness (QED) is 0.483. The van der Waals surface area contributed by atoms with Gasteiger partial charge in [-0.05, 0) is 6.08 Å². The zero-order chi connectivity index (χ0) is 5.11. The number of thioether (sulfide) groups is 1. The number of aliphatic hydroxyl groups is 1. The van der Waals surface area contributed by atoms with Crippen LogP contribution in [0.4, 0.5) is 0 Å². The molecule has 0 spiro atoms. The van der Waals surface area contributed by atoms with Crippen molar-refractivity contribution in [1.29, 1.82) is 0 Å². The topological polar surface area (TPSA) is 20.2 Å². The second-order valence-electron chi connectivity index (χ2n) is 1.24. The third-order valence-electron chi connectivity index (χ3n) is 0.756. The summed E-state index contributed by atoms with van der Waals surface area (Å²) in [5.41, 5.74) is 0. The molecule has 0 radical (unpaired) electrons. The lowest BCUT2D eigenvalue weighted by atomic mass is 10.5. The molecule has 1 aliphatic rings. The van der Waals surface area contributed by atoms with E-state index in [1.807, 2.05) is 12.2 Å². The third kappa shape index (κ3) is 0.996. The van der Waals surface area contributed by atoms with E-state index in [2.05, 4.69) is 0 Å². The second kappa shape index (κ2) is 2.07. The summed E-state index contributed by atoms with van der Waals surface area (Å²) in [6, 6.07) is 0. The smallest absolute Gasteiger partial charge is 0.0927 e. The van der Waals surface area contributed by atoms with Crippen LogP contribution in [-0.2, 0) is 0 Å². The zero-order valence-electron chi connectivity index (χ0n) is 3.79. The van der Waals surface area contributed by atoms with Crippen molar-refractivity contribution in [1.82, 2.24) is 0 Å². The van der Waals surface area contributed by atoms with Gasteiger partial charge in [0.1, 0.15) is 0 Å². The van der Waals surface area contributed by atoms with Gasteiger partial charge in [-0.1, -0.05) is 6.08 Å². The van der Waals surface area contributed by atoms with E-state index in [0.717, 1.165) is 16.9 Å². The van der Waals surface area contributed by atoms with Crippen LogP contribution in [0, 0.1) is 0 Å². The van der Waals surface area contributed by atoms with Crippen LogP contribution in [0.1, 0.15) is 0 Å². The highest BCUT2D eigenvalue weighted by Crippen LogP contribution is 2.21. The summed E-state index contributed by atoms with van der Waals surface area (Å²) in [7, 11) is 0. The lowest BCUT2D eigenvalue weighted by Gasteiger charge is -1.82. The zero-order valence-corrected chi connectivity index (χ0v) is 4.61. The molecule has 0 saturated carbocycles. The highest BCUT2D eigenvalue weighted by atomic mass is 32.2. The van der Waals surface area contributed by atoms with E-state index in [0.29, 0.717) is 0 Å². The molecule has 0 aliphatic carbocycles. The molecule has 0 unspecified atom stereocenters. The number of allylic oxidation sites excluding steroid dienone is 1. The summed E-state index contributed by atoms with van der Waals surface area (Å²) in [4.78, 5) is 0.958. The first-order valence-electron chi connectivity index (χ1n) is 2.07. The summed E-state index contributed by atoms with van der Waals surface area (Å²) in [6.07, 6.45) is 5.06. The molecule has 1 nitrogen and oxygen atoms in total. The number of rotatable bonds is 0. The fraction of sp³-hybridized carbons (Fsp3) is 0.200. The molecule has 2 heteroatoms. The number of aliphatic hydroxyl groups excluding tert-OH is 1. The Bertz CT molecular complexity index is 112. The summed E-state index contributed by atoms with van der Waals surface area (Å²) < 4.78 is 0. The molecule has 1 rings (SSSR count). The molecule has 0 bridgehead atoms. The average Bonchev–Trinajstić information content (AvgIpc) is 2.14. The fourth-order valence-corrected chi connectivity index (χ4v) is 1.09. The van der Waals surface area contributed by atoms with Gasteiger partial charge in [-0.2, -0.15) is 0 Å². The minimum atomic E-state index is 0.958. The van der Waals surface area contributed by atoms with Crippen molar-refractivity contribution in [3.63, 3.8) is 0 Å². The molecule has 0 fully saturated rings. The number of hydrogen-bond donors (Lipinski definition) is 1. The van der Waals surface area contributed by atoms with Crippen molar-refractivity contribution in [3.05, 3.63) is 23.3 Å². The van der Waals surface area contributed by atoms with E-state index in [1.165, 1.54) is 0 Å². The van der Waals surface area contributed by atoms with E-state index in [4.69, 9.17) is 5.11 Å². The van der Waals surface area contributed by atoms with Crippen LogP contribution in [-0.4, -0.2) is 10.9 Å². The Morgan fingerprint density at radius 1 is 1.86 bits per heavy atom. The molecule has 0 saturated heterocycles. The Balaban J connectivity index is 2.59. The molecule has 0 aromatic rings. The van der Waals surface area contributed by atoms with Crippen molar-refractivity contribution in [2.24, 2.45) is 0 Å². The van der Waals surface area contributed by atoms with Crippen molar-refractivity contribution in [2.75, 3.05) is 5.75 Å². The van der Waals surface area contributed by atoms with Crippen LogP contribution in [0.3, 0.4) is 0 Å². The molecule has 0 aromatic heterocycles. The van der Waals surface area contributed by atoms with Gasteiger partial charge < -0.3 is 5.11 Å². The molecule has 0 atom stereocenters. The lowest BCUT2D eigenvalue weighted by molar-refractivity contribution is 0.472. The molecule has 1 heterocycles. The van der Waals surface area contributed by atoms with Gasteiger partial charge in [-0.3, -0.25) is 0 Å². The summed E-state index contributed by atoms with van der Waals surface area (Å²) in [5.74, 6) is 1.01. The van der Waals surface area contributed by atoms with Crippen LogP contribution < -0.4 is 0 Å². The maximum atomic E-state index is 8.33. The first kappa shape index (κ1) is 4.78. The minimum absolute atomic E-state index is 0.958. The van der Waals surface area contributed by atoms with Gasteiger partial charge in [-0.15, -0.1) is 11.8 Å². The summed E-state index contributed by atoms with van der Waals surface area (Å²) >= 11 is 1.64. The maximum absolute atomic E-state index is 8.33. The monoisotopic (exact) mass is 114 g/mol. The van der Waals surface area contributed by atoms with Crippen LogP contribution in [0.25, 0.3) is 0 Å². The Labute approximate surface area is 46.7 Å². The highest BCUT2D eigenvalue weighted by Gasteiger charge is 1.96. The largest absolute Gasteiger partial charge is 0.514 e. The van der Waals surface area contributed by atoms with E-state index < -0.39 is 0 Å². The molecule has 1 aliphatic heterocycles. The fourth-order valence-electron chi connectivity index (χ4n) is 0.437. The Morgan fingerprint density at radius 2 is 2.71 bits per heavy atom. The predicted octanol–water partition coefficient (Wildman–Crippen LogP) is 1.69. The molecular formula is C5H6OS. The molecule has 38 valence electrons. The van der Waals surface area contributed by atoms with E-state index >= 15 is 0 Å². The van der Waals surface area contributed by atoms with Crippen LogP contribution in [0.15, 0.2) is 23.3 Å². The molecule has 0 amide bonds. The first-order valence-corrected chi connectivity index (χ1v) is 3.06. The SMILES string of the molecule is O/C=C1/C=CCS1. The van der Waals surface area contributed by atoms with Crippen LogP contribution in [0.2, 0.25) is 0 Å². The molecule has 1 N–H and O–H groups in total. The molecule has 0 aromatic carbocycles. The summed E-state index contributed by atoms with van der Waals surface area (Å²) in [5, 5.41) is 8.33. The van der Waals surface area contributed by atoms with Gasteiger partial charge >= 0.3 is 0 Å². The van der Waals surface area contributed by atoms with Gasteiger partial charge in [0.15, 0.2) is 0 Å². The van der Waals surface area contributed by atoms with Gasteiger partial charge in [0.2, 0.25) is 0 Å². The first-order chi connectivity index (χ1) is 3.43. The molecule has 7 heavy (non-hydrogen) atoms. The van der Waals surface area contributed by atoms with Crippen molar-refractivity contribution in [3.8, 4) is 0 Å². The van der Waals surface area contributed by atoms with Crippen molar-refractivity contribution >= 4 is 11.8 Å². The molecular weight excluding hydrogens is 108 g/mol. The lowest BCUT2D eigenvalue weighted by Crippen LogP contribution is -1.59. The van der Waals surface area contributed by atoms with Crippen LogP contribution in [0.5, 0.6) is 0 Å². The van der Waals surface area contributed by atoms with Crippen molar-refractivity contribution < 1.29 is 5.11 Å². The summed E-state index contributed by atoms with van der Waals surface area (Å²) in [6.45, 7) is 0. The van der Waals surface area contributed by atoms with Crippen molar-refractivity contribution in [2.45, 2.75) is 0 Å². The van der Waals surface area contributed by atoms with Gasteiger partial charge in [0.05, 0.1) is 6.26 Å². The predicted molar refractivity (Wildman–Crippen MR) is 32.3 cm³/mol. The average molecular weight is 114 g/mol. The normalized spacial score (nSPS) is 24.3. The van der Waals surface area contributed by atoms with Gasteiger partial charge in [-0.25, -0.2) is 0 Å². The Morgan fingerprint density at radius 3 is 3.00 bits per heavy atom. The maximum Gasteiger partial charge on any atom is 0.0927 e. The third-order valence-corrected chi connectivity index (χ3v) is 1.69. The van der Waals surface area contributed by atoms with Gasteiger partial charge in [0.25, 0.3) is 0 Å². The second-order valence-corrected chi connectivity index (χ2v) is 2.34. The minimum Gasteiger partial charge on any atom is -0.514 e. The standard InChI is InChI=1S/C5H6OS/c6-4-5-2-1-3-7-5/h1-2,4,6H,3H2/b5-4-. The Hall–Kier alpha value is -0.370. The highest BCUT2D eigenvalue weighted by molar-refractivity contribution is 8.03. The van der Waals surface area contributed by atoms with E-state index in [9.17, 15) is 0 Å². The Kier molecular flexibility index (Phi) is 1.42. The van der Waals surface area contributed by atoms with E-state index in [-0.39, 0.29) is 0 Å². The van der Waals surface area contributed by atoms with E-state index in [1.54, 1.807) is 11.8 Å². The number of hydrogen-bond acceptors (Lipinski definition) is 2. The van der Waals surface area contributed by atoms with Gasteiger partial charge in [0, 0.05) is 10.7 Å².